The average Bonchev–Trinajstić information content (AvgIpc) is 3.47. The first kappa shape index (κ1) is 37.2. The number of nitrogens with zero attached hydrogens (tertiary/aromatic N) is 1. The number of hydrogen-bond donors (Lipinski definition) is 0. The number of hydrogen-bond acceptors (Lipinski definition) is 0. The Morgan fingerprint density at radius 1 is 0.683 bits per heavy atom. The SMILES string of the molecule is CC1C(C)C(C)C(C)C1C.Cc1cc(F)ccc1-c1ccc(-c2c(C)cc(C3CCCC3)cc2C)c[n+]1C.[CH3-].[CH3-].[Ru+2]. The predicted octanol–water partition coefficient (Wildman–Crippen LogP) is 10.6. The van der Waals surface area contributed by atoms with E-state index in [2.05, 4.69) is 90.5 Å². The average molecular weight is 646 g/mol. The zero-order valence-electron chi connectivity index (χ0n) is 27.6. The molecule has 0 aliphatic heterocycles. The van der Waals surface area contributed by atoms with Crippen molar-refractivity contribution in [2.75, 3.05) is 0 Å². The molecule has 5 rings (SSSR count). The molecule has 1 aromatic heterocycles. The first-order valence-corrected chi connectivity index (χ1v) is 14.9. The van der Waals surface area contributed by atoms with E-state index in [0.717, 1.165) is 52.3 Å². The maximum absolute atomic E-state index is 13.5. The van der Waals surface area contributed by atoms with Crippen LogP contribution in [-0.2, 0) is 26.5 Å². The van der Waals surface area contributed by atoms with Crippen LogP contribution in [0.4, 0.5) is 4.39 Å². The van der Waals surface area contributed by atoms with Crippen LogP contribution in [0.5, 0.6) is 0 Å². The number of aryl methyl sites for hydroxylation is 4. The second kappa shape index (κ2) is 15.6. The molecule has 41 heavy (non-hydrogen) atoms. The maximum Gasteiger partial charge on any atom is 2.00 e. The van der Waals surface area contributed by atoms with Gasteiger partial charge >= 0.3 is 19.5 Å². The van der Waals surface area contributed by atoms with Crippen molar-refractivity contribution >= 4 is 0 Å². The summed E-state index contributed by atoms with van der Waals surface area (Å²) in [6.45, 7) is 18.4. The zero-order chi connectivity index (χ0) is 27.7. The quantitative estimate of drug-likeness (QED) is 0.152. The summed E-state index contributed by atoms with van der Waals surface area (Å²) in [6, 6.07) is 14.1. The number of pyridine rings is 1. The monoisotopic (exact) mass is 646 g/mol. The van der Waals surface area contributed by atoms with Crippen LogP contribution in [0, 0.1) is 71.0 Å². The van der Waals surface area contributed by atoms with Crippen molar-refractivity contribution < 1.29 is 28.4 Å². The van der Waals surface area contributed by atoms with Gasteiger partial charge < -0.3 is 14.9 Å². The Kier molecular flexibility index (Phi) is 14.1. The molecule has 0 bridgehead atoms. The van der Waals surface area contributed by atoms with Crippen LogP contribution in [0.25, 0.3) is 22.4 Å². The minimum Gasteiger partial charge on any atom is -0.358 e. The molecule has 0 spiro atoms. The van der Waals surface area contributed by atoms with Gasteiger partial charge in [0.15, 0.2) is 6.20 Å². The van der Waals surface area contributed by atoms with E-state index in [1.54, 1.807) is 6.07 Å². The second-order valence-electron chi connectivity index (χ2n) is 12.7. The van der Waals surface area contributed by atoms with E-state index in [9.17, 15) is 4.39 Å². The summed E-state index contributed by atoms with van der Waals surface area (Å²) < 4.78 is 15.6. The first-order valence-electron chi connectivity index (χ1n) is 14.9. The molecule has 2 aliphatic carbocycles. The molecule has 1 nitrogen and oxygen atoms in total. The molecule has 3 aromatic rings. The van der Waals surface area contributed by atoms with Crippen molar-refractivity contribution in [1.82, 2.24) is 0 Å². The van der Waals surface area contributed by atoms with Gasteiger partial charge in [0.2, 0.25) is 5.69 Å². The number of halogens is 1. The molecule has 2 aromatic carbocycles. The van der Waals surface area contributed by atoms with Crippen molar-refractivity contribution in [3.05, 3.63) is 91.6 Å². The fraction of sp³-hybridized carbons (Fsp3) is 0.500. The molecule has 0 unspecified atom stereocenters. The van der Waals surface area contributed by atoms with E-state index >= 15 is 0 Å². The Morgan fingerprint density at radius 3 is 1.61 bits per heavy atom. The standard InChI is InChI=1S/C26H29FN.C10H20.2CH3.Ru/c1-17-15-23(27)10-11-24(17)25-12-9-21(16-28(25)4)26-18(2)13-22(14-19(26)3)20-7-5-6-8-20;1-6-7(2)9(4)10(5)8(6)3;;;/h9-16,20H,5-8H2,1-4H3;6-10H,1-5H3;2*1H3;/q+1;;2*-1;+2. The van der Waals surface area contributed by atoms with Gasteiger partial charge in [-0.2, -0.15) is 0 Å². The normalized spacial score (nSPS) is 23.5. The summed E-state index contributed by atoms with van der Waals surface area (Å²) in [5.74, 6) is 5.23. The minimum atomic E-state index is -0.186. The molecule has 2 saturated carbocycles. The molecule has 1 heterocycles. The van der Waals surface area contributed by atoms with Gasteiger partial charge in [0.05, 0.1) is 0 Å². The van der Waals surface area contributed by atoms with Crippen LogP contribution < -0.4 is 4.57 Å². The molecule has 3 heteroatoms. The van der Waals surface area contributed by atoms with Crippen molar-refractivity contribution in [3.63, 3.8) is 0 Å². The molecule has 2 fully saturated rings. The molecule has 0 atom stereocenters. The molecule has 0 amide bonds. The third-order valence-electron chi connectivity index (χ3n) is 10.4. The van der Waals surface area contributed by atoms with E-state index < -0.39 is 0 Å². The van der Waals surface area contributed by atoms with Gasteiger partial charge in [0.25, 0.3) is 0 Å². The second-order valence-corrected chi connectivity index (χ2v) is 12.7. The van der Waals surface area contributed by atoms with Gasteiger partial charge in [0, 0.05) is 17.2 Å². The summed E-state index contributed by atoms with van der Waals surface area (Å²) in [5, 5.41) is 0. The number of benzene rings is 2. The van der Waals surface area contributed by atoms with Crippen molar-refractivity contribution in [2.24, 2.45) is 36.6 Å². The Hall–Kier alpha value is -1.86. The number of aromatic nitrogens is 1. The van der Waals surface area contributed by atoms with Crippen LogP contribution in [0.3, 0.4) is 0 Å². The summed E-state index contributed by atoms with van der Waals surface area (Å²) in [7, 11) is 2.07. The summed E-state index contributed by atoms with van der Waals surface area (Å²) in [6.07, 6.45) is 7.59. The van der Waals surface area contributed by atoms with Crippen molar-refractivity contribution in [3.8, 4) is 22.4 Å². The molecular weight excluding hydrogens is 590 g/mol. The van der Waals surface area contributed by atoms with E-state index in [-0.39, 0.29) is 40.1 Å². The smallest absolute Gasteiger partial charge is 0.358 e. The molecule has 2 aliphatic rings. The predicted molar refractivity (Wildman–Crippen MR) is 173 cm³/mol. The molecular formula is C38H55FNRu+. The fourth-order valence-electron chi connectivity index (χ4n) is 7.29. The maximum atomic E-state index is 13.5. The third-order valence-corrected chi connectivity index (χ3v) is 10.4. The molecule has 0 radical (unpaired) electrons. The largest absolute Gasteiger partial charge is 2.00 e. The van der Waals surface area contributed by atoms with E-state index in [4.69, 9.17) is 0 Å². The van der Waals surface area contributed by atoms with Crippen LogP contribution in [0.2, 0.25) is 0 Å². The summed E-state index contributed by atoms with van der Waals surface area (Å²) in [5.41, 5.74) is 9.91. The Bertz CT molecular complexity index is 1210. The van der Waals surface area contributed by atoms with Crippen LogP contribution in [-0.4, -0.2) is 0 Å². The topological polar surface area (TPSA) is 3.88 Å². The van der Waals surface area contributed by atoms with Crippen LogP contribution in [0.15, 0.2) is 48.7 Å². The molecule has 0 saturated heterocycles. The number of rotatable bonds is 3. The van der Waals surface area contributed by atoms with Crippen LogP contribution >= 0.6 is 0 Å². The zero-order valence-corrected chi connectivity index (χ0v) is 29.3. The van der Waals surface area contributed by atoms with Gasteiger partial charge in [-0.25, -0.2) is 8.96 Å². The molecule has 0 N–H and O–H groups in total. The fourth-order valence-corrected chi connectivity index (χ4v) is 7.29. The molecule has 226 valence electrons. The first-order chi connectivity index (χ1) is 18.0. The van der Waals surface area contributed by atoms with Gasteiger partial charge in [-0.1, -0.05) is 59.6 Å². The Balaban J connectivity index is 0.000000555. The van der Waals surface area contributed by atoms with Gasteiger partial charge in [-0.05, 0) is 121 Å². The summed E-state index contributed by atoms with van der Waals surface area (Å²) in [4.78, 5) is 0. The van der Waals surface area contributed by atoms with Gasteiger partial charge in [0.1, 0.15) is 12.9 Å². The Labute approximate surface area is 265 Å². The van der Waals surface area contributed by atoms with E-state index in [1.165, 1.54) is 59.6 Å². The van der Waals surface area contributed by atoms with Crippen LogP contribution in [0.1, 0.15) is 88.5 Å². The summed E-state index contributed by atoms with van der Waals surface area (Å²) >= 11 is 0. The van der Waals surface area contributed by atoms with Crippen molar-refractivity contribution in [2.45, 2.75) is 87.0 Å². The van der Waals surface area contributed by atoms with E-state index in [1.807, 2.05) is 13.0 Å². The van der Waals surface area contributed by atoms with E-state index in [0.29, 0.717) is 0 Å². The van der Waals surface area contributed by atoms with Crippen molar-refractivity contribution in [1.29, 1.82) is 0 Å². The Morgan fingerprint density at radius 2 is 1.17 bits per heavy atom. The minimum absolute atomic E-state index is 0. The van der Waals surface area contributed by atoms with Gasteiger partial charge in [-0.3, -0.25) is 0 Å². The van der Waals surface area contributed by atoms with Gasteiger partial charge in [-0.15, -0.1) is 0 Å². The third kappa shape index (κ3) is 7.96.